The molecule has 0 spiro atoms. The zero-order chi connectivity index (χ0) is 10.4. The molecular formula is C11H14ClNO. The topological polar surface area (TPSA) is 21.3 Å². The summed E-state index contributed by atoms with van der Waals surface area (Å²) in [4.78, 5) is 0. The van der Waals surface area contributed by atoms with Gasteiger partial charge in [0.25, 0.3) is 0 Å². The zero-order valence-electron chi connectivity index (χ0n) is 8.38. The average molecular weight is 212 g/mol. The Bertz CT molecular complexity index is 323. The van der Waals surface area contributed by atoms with Gasteiger partial charge in [-0.05, 0) is 24.7 Å². The van der Waals surface area contributed by atoms with Crippen molar-refractivity contribution in [3.63, 3.8) is 0 Å². The molecule has 0 aliphatic heterocycles. The van der Waals surface area contributed by atoms with Crippen molar-refractivity contribution < 1.29 is 4.74 Å². The molecule has 0 atom stereocenters. The van der Waals surface area contributed by atoms with E-state index in [2.05, 4.69) is 5.32 Å². The average Bonchev–Trinajstić information content (AvgIpc) is 2.21. The third-order valence-electron chi connectivity index (χ3n) is 1.81. The Kier molecular flexibility index (Phi) is 4.50. The number of rotatable bonds is 4. The fraction of sp³-hybridized carbons (Fsp3) is 0.273. The van der Waals surface area contributed by atoms with Gasteiger partial charge in [-0.15, -0.1) is 0 Å². The van der Waals surface area contributed by atoms with Gasteiger partial charge in [0.15, 0.2) is 0 Å². The molecule has 1 aromatic carbocycles. The molecule has 1 N–H and O–H groups in total. The molecule has 3 heteroatoms. The van der Waals surface area contributed by atoms with Crippen molar-refractivity contribution in [1.29, 1.82) is 0 Å². The summed E-state index contributed by atoms with van der Waals surface area (Å²) >= 11 is 5.90. The van der Waals surface area contributed by atoms with Gasteiger partial charge in [-0.25, -0.2) is 0 Å². The smallest absolute Gasteiger partial charge is 0.138 e. The van der Waals surface area contributed by atoms with Crippen LogP contribution in [0.25, 0.3) is 6.08 Å². The van der Waals surface area contributed by atoms with Crippen LogP contribution in [0, 0.1) is 0 Å². The lowest BCUT2D eigenvalue weighted by molar-refractivity contribution is 0.415. The Morgan fingerprint density at radius 1 is 1.50 bits per heavy atom. The number of hydrogen-bond acceptors (Lipinski definition) is 2. The maximum Gasteiger partial charge on any atom is 0.138 e. The number of halogens is 1. The van der Waals surface area contributed by atoms with E-state index >= 15 is 0 Å². The van der Waals surface area contributed by atoms with Crippen molar-refractivity contribution >= 4 is 17.7 Å². The van der Waals surface area contributed by atoms with Crippen molar-refractivity contribution in [3.05, 3.63) is 34.9 Å². The molecule has 14 heavy (non-hydrogen) atoms. The van der Waals surface area contributed by atoms with Crippen LogP contribution >= 0.6 is 11.6 Å². The number of benzene rings is 1. The fourth-order valence-corrected chi connectivity index (χ4v) is 1.29. The molecule has 0 aliphatic carbocycles. The highest BCUT2D eigenvalue weighted by molar-refractivity contribution is 6.32. The van der Waals surface area contributed by atoms with E-state index in [0.717, 1.165) is 12.1 Å². The molecule has 0 aliphatic rings. The molecular weight excluding hydrogens is 198 g/mol. The molecule has 0 amide bonds. The molecule has 0 unspecified atom stereocenters. The minimum atomic E-state index is 0.637. The summed E-state index contributed by atoms with van der Waals surface area (Å²) in [6.45, 7) is 0.852. The van der Waals surface area contributed by atoms with Crippen molar-refractivity contribution in [3.8, 4) is 5.75 Å². The molecule has 0 heterocycles. The second-order valence-corrected chi connectivity index (χ2v) is 3.26. The Morgan fingerprint density at radius 2 is 2.29 bits per heavy atom. The first-order valence-corrected chi connectivity index (χ1v) is 4.80. The number of hydrogen-bond donors (Lipinski definition) is 1. The quantitative estimate of drug-likeness (QED) is 0.827. The maximum atomic E-state index is 5.90. The van der Waals surface area contributed by atoms with E-state index in [0.29, 0.717) is 10.8 Å². The fourth-order valence-electron chi connectivity index (χ4n) is 1.09. The van der Waals surface area contributed by atoms with Crippen molar-refractivity contribution in [2.75, 3.05) is 20.7 Å². The monoisotopic (exact) mass is 211 g/mol. The van der Waals surface area contributed by atoms with Crippen LogP contribution in [0.1, 0.15) is 5.56 Å². The van der Waals surface area contributed by atoms with Gasteiger partial charge in [-0.2, -0.15) is 0 Å². The van der Waals surface area contributed by atoms with Gasteiger partial charge in [0.1, 0.15) is 5.75 Å². The third kappa shape index (κ3) is 3.05. The second kappa shape index (κ2) is 5.68. The number of nitrogens with one attached hydrogen (secondary N) is 1. The second-order valence-electron chi connectivity index (χ2n) is 2.85. The number of ether oxygens (including phenoxy) is 1. The Hall–Kier alpha value is -0.990. The predicted octanol–water partition coefficient (Wildman–Crippen LogP) is 2.58. The molecule has 0 fully saturated rings. The molecule has 1 aromatic rings. The van der Waals surface area contributed by atoms with Crippen molar-refractivity contribution in [2.24, 2.45) is 0 Å². The first kappa shape index (κ1) is 11.1. The highest BCUT2D eigenvalue weighted by atomic mass is 35.5. The molecule has 2 nitrogen and oxygen atoms in total. The third-order valence-corrected chi connectivity index (χ3v) is 2.12. The summed E-state index contributed by atoms with van der Waals surface area (Å²) in [7, 11) is 3.52. The van der Waals surface area contributed by atoms with Gasteiger partial charge in [0, 0.05) is 6.54 Å². The molecule has 0 bridgehead atoms. The first-order chi connectivity index (χ1) is 6.77. The summed E-state index contributed by atoms with van der Waals surface area (Å²) in [5.74, 6) is 0.707. The normalized spacial score (nSPS) is 10.8. The van der Waals surface area contributed by atoms with Gasteiger partial charge >= 0.3 is 0 Å². The molecule has 1 rings (SSSR count). The Balaban J connectivity index is 2.79. The van der Waals surface area contributed by atoms with E-state index in [9.17, 15) is 0 Å². The van der Waals surface area contributed by atoms with Gasteiger partial charge < -0.3 is 10.1 Å². The van der Waals surface area contributed by atoms with Gasteiger partial charge in [0.05, 0.1) is 12.1 Å². The van der Waals surface area contributed by atoms with Crippen molar-refractivity contribution in [1.82, 2.24) is 5.32 Å². The predicted molar refractivity (Wildman–Crippen MR) is 61.0 cm³/mol. The molecule has 76 valence electrons. The van der Waals surface area contributed by atoms with Gasteiger partial charge in [-0.3, -0.25) is 0 Å². The van der Waals surface area contributed by atoms with Crippen LogP contribution in [0.5, 0.6) is 5.75 Å². The molecule has 0 saturated heterocycles. The van der Waals surface area contributed by atoms with Crippen molar-refractivity contribution in [2.45, 2.75) is 0 Å². The highest BCUT2D eigenvalue weighted by Crippen LogP contribution is 2.25. The summed E-state index contributed by atoms with van der Waals surface area (Å²) < 4.78 is 5.11. The summed E-state index contributed by atoms with van der Waals surface area (Å²) in [6, 6.07) is 5.70. The van der Waals surface area contributed by atoms with Crippen LogP contribution in [0.4, 0.5) is 0 Å². The molecule has 0 radical (unpaired) electrons. The van der Waals surface area contributed by atoms with Gasteiger partial charge in [0.2, 0.25) is 0 Å². The highest BCUT2D eigenvalue weighted by Gasteiger charge is 1.98. The molecule has 0 aromatic heterocycles. The summed E-state index contributed by atoms with van der Waals surface area (Å²) in [5, 5.41) is 3.67. The largest absolute Gasteiger partial charge is 0.495 e. The summed E-state index contributed by atoms with van der Waals surface area (Å²) in [6.07, 6.45) is 4.07. The minimum Gasteiger partial charge on any atom is -0.495 e. The first-order valence-electron chi connectivity index (χ1n) is 4.42. The van der Waals surface area contributed by atoms with E-state index in [1.54, 1.807) is 7.11 Å². The van der Waals surface area contributed by atoms with Gasteiger partial charge in [-0.1, -0.05) is 29.8 Å². The van der Waals surface area contributed by atoms with E-state index in [1.807, 2.05) is 37.4 Å². The Morgan fingerprint density at radius 3 is 2.93 bits per heavy atom. The SMILES string of the molecule is CNCC=Cc1ccc(Cl)c(OC)c1. The van der Waals surface area contributed by atoms with E-state index in [4.69, 9.17) is 16.3 Å². The summed E-state index contributed by atoms with van der Waals surface area (Å²) in [5.41, 5.74) is 1.08. The van der Waals surface area contributed by atoms with Crippen LogP contribution in [-0.2, 0) is 0 Å². The lowest BCUT2D eigenvalue weighted by Gasteiger charge is -2.03. The van der Waals surface area contributed by atoms with Crippen LogP contribution < -0.4 is 10.1 Å². The van der Waals surface area contributed by atoms with Crippen LogP contribution in [0.15, 0.2) is 24.3 Å². The van der Waals surface area contributed by atoms with Crippen LogP contribution in [0.3, 0.4) is 0 Å². The lowest BCUT2D eigenvalue weighted by atomic mass is 10.2. The number of methoxy groups -OCH3 is 1. The van der Waals surface area contributed by atoms with Crippen LogP contribution in [-0.4, -0.2) is 20.7 Å². The minimum absolute atomic E-state index is 0.637. The van der Waals surface area contributed by atoms with E-state index in [-0.39, 0.29) is 0 Å². The zero-order valence-corrected chi connectivity index (χ0v) is 9.14. The molecule has 0 saturated carbocycles. The lowest BCUT2D eigenvalue weighted by Crippen LogP contribution is -2.03. The van der Waals surface area contributed by atoms with E-state index in [1.165, 1.54) is 0 Å². The van der Waals surface area contributed by atoms with E-state index < -0.39 is 0 Å². The standard InChI is InChI=1S/C11H14ClNO/c1-13-7-3-4-9-5-6-10(12)11(8-9)14-2/h3-6,8,13H,7H2,1-2H3. The maximum absolute atomic E-state index is 5.90. The Labute approximate surface area is 89.5 Å². The van der Waals surface area contributed by atoms with Crippen LogP contribution in [0.2, 0.25) is 5.02 Å². The number of likely N-dealkylation sites (N-methyl/N-ethyl adjacent to an activating group) is 1.